The van der Waals surface area contributed by atoms with Crippen LogP contribution in [-0.2, 0) is 16.0 Å². The lowest BCUT2D eigenvalue weighted by Gasteiger charge is -2.11. The van der Waals surface area contributed by atoms with E-state index in [1.807, 2.05) is 30.3 Å². The van der Waals surface area contributed by atoms with Gasteiger partial charge in [0.2, 0.25) is 11.8 Å². The predicted octanol–water partition coefficient (Wildman–Crippen LogP) is 0.589. The maximum absolute atomic E-state index is 11.7. The van der Waals surface area contributed by atoms with Crippen LogP contribution in [0.25, 0.3) is 0 Å². The van der Waals surface area contributed by atoms with Crippen molar-refractivity contribution >= 4 is 11.8 Å². The van der Waals surface area contributed by atoms with Gasteiger partial charge in [0.25, 0.3) is 0 Å². The summed E-state index contributed by atoms with van der Waals surface area (Å²) in [6.07, 6.45) is 2.98. The average Bonchev–Trinajstić information content (AvgIpc) is 3.30. The van der Waals surface area contributed by atoms with Crippen LogP contribution in [0.3, 0.4) is 0 Å². The molecule has 5 nitrogen and oxygen atoms in total. The van der Waals surface area contributed by atoms with Gasteiger partial charge in [-0.2, -0.15) is 0 Å². The second-order valence-corrected chi connectivity index (χ2v) is 5.57. The fourth-order valence-corrected chi connectivity index (χ4v) is 2.17. The standard InChI is InChI=1S/C16H23N3O2/c17-14(13-6-7-13)11-19-15(20)8-9-18-16(21)10-12-4-2-1-3-5-12/h1-5,13-14H,6-11,17H2,(H,18,21)(H,19,20). The molecule has 0 saturated heterocycles. The van der Waals surface area contributed by atoms with Gasteiger partial charge in [0.05, 0.1) is 6.42 Å². The molecule has 4 N–H and O–H groups in total. The topological polar surface area (TPSA) is 84.2 Å². The van der Waals surface area contributed by atoms with E-state index >= 15 is 0 Å². The molecule has 0 aliphatic heterocycles. The molecule has 21 heavy (non-hydrogen) atoms. The number of amides is 2. The highest BCUT2D eigenvalue weighted by molar-refractivity contribution is 5.80. The minimum absolute atomic E-state index is 0.0638. The van der Waals surface area contributed by atoms with Crippen molar-refractivity contribution in [2.75, 3.05) is 13.1 Å². The van der Waals surface area contributed by atoms with Gasteiger partial charge in [0.1, 0.15) is 0 Å². The van der Waals surface area contributed by atoms with E-state index < -0.39 is 0 Å². The van der Waals surface area contributed by atoms with E-state index in [0.717, 1.165) is 5.56 Å². The molecular formula is C16H23N3O2. The van der Waals surface area contributed by atoms with Gasteiger partial charge in [0, 0.05) is 25.6 Å². The predicted molar refractivity (Wildman–Crippen MR) is 81.5 cm³/mol. The Morgan fingerprint density at radius 2 is 1.86 bits per heavy atom. The van der Waals surface area contributed by atoms with E-state index in [9.17, 15) is 9.59 Å². The van der Waals surface area contributed by atoms with Gasteiger partial charge >= 0.3 is 0 Å². The van der Waals surface area contributed by atoms with Crippen molar-refractivity contribution in [2.24, 2.45) is 11.7 Å². The molecule has 114 valence electrons. The van der Waals surface area contributed by atoms with E-state index in [-0.39, 0.29) is 24.3 Å². The molecule has 5 heteroatoms. The van der Waals surface area contributed by atoms with Crippen LogP contribution in [0.15, 0.2) is 30.3 Å². The van der Waals surface area contributed by atoms with Crippen molar-refractivity contribution in [1.29, 1.82) is 0 Å². The first-order valence-corrected chi connectivity index (χ1v) is 7.48. The Balaban J connectivity index is 1.55. The highest BCUT2D eigenvalue weighted by Crippen LogP contribution is 2.31. The smallest absolute Gasteiger partial charge is 0.224 e. The average molecular weight is 289 g/mol. The summed E-state index contributed by atoms with van der Waals surface area (Å²) in [6.45, 7) is 0.887. The maximum Gasteiger partial charge on any atom is 0.224 e. The van der Waals surface area contributed by atoms with E-state index in [1.54, 1.807) is 0 Å². The molecule has 2 amide bonds. The number of benzene rings is 1. The van der Waals surface area contributed by atoms with Gasteiger partial charge in [-0.15, -0.1) is 0 Å². The molecule has 1 saturated carbocycles. The molecule has 1 aliphatic rings. The first-order valence-electron chi connectivity index (χ1n) is 7.48. The monoisotopic (exact) mass is 289 g/mol. The first kappa shape index (κ1) is 15.5. The molecule has 1 aliphatic carbocycles. The number of nitrogens with two attached hydrogens (primary N) is 1. The first-order chi connectivity index (χ1) is 10.1. The Morgan fingerprint density at radius 1 is 1.14 bits per heavy atom. The van der Waals surface area contributed by atoms with Crippen LogP contribution in [0, 0.1) is 5.92 Å². The van der Waals surface area contributed by atoms with Gasteiger partial charge < -0.3 is 16.4 Å². The van der Waals surface area contributed by atoms with Crippen molar-refractivity contribution in [2.45, 2.75) is 31.7 Å². The van der Waals surface area contributed by atoms with Crippen LogP contribution < -0.4 is 16.4 Å². The van der Waals surface area contributed by atoms with Crippen LogP contribution >= 0.6 is 0 Å². The largest absolute Gasteiger partial charge is 0.355 e. The molecule has 0 radical (unpaired) electrons. The van der Waals surface area contributed by atoms with Crippen LogP contribution in [-0.4, -0.2) is 30.9 Å². The highest BCUT2D eigenvalue weighted by atomic mass is 16.2. The summed E-state index contributed by atoms with van der Waals surface area (Å²) >= 11 is 0. The minimum Gasteiger partial charge on any atom is -0.355 e. The summed E-state index contributed by atoms with van der Waals surface area (Å²) < 4.78 is 0. The van der Waals surface area contributed by atoms with Gasteiger partial charge in [-0.05, 0) is 24.3 Å². The van der Waals surface area contributed by atoms with Crippen molar-refractivity contribution in [3.8, 4) is 0 Å². The quantitative estimate of drug-likeness (QED) is 0.655. The Labute approximate surface area is 125 Å². The number of carbonyl (C=O) groups is 2. The van der Waals surface area contributed by atoms with Crippen molar-refractivity contribution < 1.29 is 9.59 Å². The zero-order valence-corrected chi connectivity index (χ0v) is 12.2. The molecule has 1 fully saturated rings. The molecular weight excluding hydrogens is 266 g/mol. The normalized spacial score (nSPS) is 15.3. The summed E-state index contributed by atoms with van der Waals surface area (Å²) in [4.78, 5) is 23.3. The van der Waals surface area contributed by atoms with E-state index in [1.165, 1.54) is 12.8 Å². The Morgan fingerprint density at radius 3 is 2.52 bits per heavy atom. The van der Waals surface area contributed by atoms with Crippen LogP contribution in [0.1, 0.15) is 24.8 Å². The third-order valence-corrected chi connectivity index (χ3v) is 3.64. The molecule has 0 heterocycles. The molecule has 1 atom stereocenters. The second kappa shape index (κ2) is 7.78. The summed E-state index contributed by atoms with van der Waals surface area (Å²) in [5.41, 5.74) is 6.87. The van der Waals surface area contributed by atoms with Crippen LogP contribution in [0.4, 0.5) is 0 Å². The zero-order chi connectivity index (χ0) is 15.1. The van der Waals surface area contributed by atoms with Crippen molar-refractivity contribution in [3.05, 3.63) is 35.9 Å². The fourth-order valence-electron chi connectivity index (χ4n) is 2.17. The van der Waals surface area contributed by atoms with Crippen molar-refractivity contribution in [3.63, 3.8) is 0 Å². The minimum atomic E-state index is -0.0660. The number of carbonyl (C=O) groups excluding carboxylic acids is 2. The van der Waals surface area contributed by atoms with Crippen LogP contribution in [0.2, 0.25) is 0 Å². The summed E-state index contributed by atoms with van der Waals surface area (Å²) in [5.74, 6) is 0.450. The zero-order valence-electron chi connectivity index (χ0n) is 12.2. The molecule has 2 rings (SSSR count). The number of nitrogens with one attached hydrogen (secondary N) is 2. The number of rotatable bonds is 8. The molecule has 1 aromatic carbocycles. The summed E-state index contributed by atoms with van der Waals surface area (Å²) in [7, 11) is 0. The summed E-state index contributed by atoms with van der Waals surface area (Å²) in [6, 6.07) is 9.61. The third-order valence-electron chi connectivity index (χ3n) is 3.64. The lowest BCUT2D eigenvalue weighted by Crippen LogP contribution is -2.39. The molecule has 0 spiro atoms. The SMILES string of the molecule is NC(CNC(=O)CCNC(=O)Cc1ccccc1)C1CC1. The lowest BCUT2D eigenvalue weighted by molar-refractivity contribution is -0.122. The van der Waals surface area contributed by atoms with Crippen LogP contribution in [0.5, 0.6) is 0 Å². The maximum atomic E-state index is 11.7. The van der Waals surface area contributed by atoms with Crippen molar-refractivity contribution in [1.82, 2.24) is 10.6 Å². The highest BCUT2D eigenvalue weighted by Gasteiger charge is 2.28. The molecule has 0 aromatic heterocycles. The Kier molecular flexibility index (Phi) is 5.75. The van der Waals surface area contributed by atoms with Gasteiger partial charge in [-0.25, -0.2) is 0 Å². The Bertz CT molecular complexity index is 472. The van der Waals surface area contributed by atoms with E-state index in [4.69, 9.17) is 5.73 Å². The summed E-state index contributed by atoms with van der Waals surface area (Å²) in [5, 5.41) is 5.57. The van der Waals surface area contributed by atoms with E-state index in [2.05, 4.69) is 10.6 Å². The second-order valence-electron chi connectivity index (χ2n) is 5.57. The van der Waals surface area contributed by atoms with Gasteiger partial charge in [-0.1, -0.05) is 30.3 Å². The molecule has 1 unspecified atom stereocenters. The number of hydrogen-bond acceptors (Lipinski definition) is 3. The number of hydrogen-bond donors (Lipinski definition) is 3. The fraction of sp³-hybridized carbons (Fsp3) is 0.500. The molecule has 1 aromatic rings. The lowest BCUT2D eigenvalue weighted by atomic mass is 10.1. The Hall–Kier alpha value is -1.88. The van der Waals surface area contributed by atoms with Gasteiger partial charge in [0.15, 0.2) is 0 Å². The van der Waals surface area contributed by atoms with E-state index in [0.29, 0.717) is 25.4 Å². The van der Waals surface area contributed by atoms with Gasteiger partial charge in [-0.3, -0.25) is 9.59 Å². The molecule has 0 bridgehead atoms. The third kappa shape index (κ3) is 5.95.